The zero-order chi connectivity index (χ0) is 7.14. The minimum absolute atomic E-state index is 1.06. The first-order valence-corrected chi connectivity index (χ1v) is 4.83. The fraction of sp³-hybridized carbons (Fsp3) is 1.00. The fourth-order valence-electron chi connectivity index (χ4n) is 3.47. The molecule has 58 valence electrons. The van der Waals surface area contributed by atoms with Crippen molar-refractivity contribution in [3.63, 3.8) is 0 Å². The van der Waals surface area contributed by atoms with Crippen LogP contribution in [0.1, 0.15) is 39.5 Å². The average Bonchev–Trinajstić information content (AvgIpc) is 2.42. The average molecular weight is 138 g/mol. The van der Waals surface area contributed by atoms with Gasteiger partial charge >= 0.3 is 0 Å². The van der Waals surface area contributed by atoms with E-state index in [2.05, 4.69) is 13.8 Å². The Hall–Kier alpha value is 0. The van der Waals surface area contributed by atoms with Crippen molar-refractivity contribution in [2.45, 2.75) is 39.5 Å². The van der Waals surface area contributed by atoms with Gasteiger partial charge in [0, 0.05) is 0 Å². The lowest BCUT2D eigenvalue weighted by atomic mass is 9.89. The van der Waals surface area contributed by atoms with Crippen LogP contribution in [0.3, 0.4) is 0 Å². The highest BCUT2D eigenvalue weighted by molar-refractivity contribution is 4.94. The maximum absolute atomic E-state index is 2.45. The van der Waals surface area contributed by atoms with Crippen LogP contribution in [-0.2, 0) is 0 Å². The molecule has 0 heteroatoms. The molecule has 2 saturated carbocycles. The van der Waals surface area contributed by atoms with Crippen LogP contribution in [0.15, 0.2) is 0 Å². The monoisotopic (exact) mass is 138 g/mol. The van der Waals surface area contributed by atoms with Crippen molar-refractivity contribution in [1.29, 1.82) is 0 Å². The van der Waals surface area contributed by atoms with E-state index >= 15 is 0 Å². The van der Waals surface area contributed by atoms with E-state index in [1.165, 1.54) is 6.42 Å². The molecule has 2 aliphatic carbocycles. The Morgan fingerprint density at radius 3 is 2.40 bits per heavy atom. The van der Waals surface area contributed by atoms with Crippen LogP contribution in [0.2, 0.25) is 0 Å². The van der Waals surface area contributed by atoms with Crippen molar-refractivity contribution in [3.05, 3.63) is 0 Å². The smallest absolute Gasteiger partial charge is 0.0357 e. The normalized spacial score (nSPS) is 52.2. The maximum atomic E-state index is 2.45. The van der Waals surface area contributed by atoms with Crippen LogP contribution in [-0.4, -0.2) is 0 Å². The lowest BCUT2D eigenvalue weighted by molar-refractivity contribution is 0.336. The van der Waals surface area contributed by atoms with Gasteiger partial charge in [-0.3, -0.25) is 0 Å². The SMILES string of the molecule is CCC1C2CCC1C(C)C2. The molecule has 4 unspecified atom stereocenters. The highest BCUT2D eigenvalue weighted by atomic mass is 14.5. The molecule has 0 aromatic heterocycles. The number of hydrogen-bond donors (Lipinski definition) is 0. The molecule has 0 aromatic carbocycles. The molecular formula is C10H18. The Morgan fingerprint density at radius 1 is 1.30 bits per heavy atom. The zero-order valence-corrected chi connectivity index (χ0v) is 7.14. The Morgan fingerprint density at radius 2 is 2.10 bits per heavy atom. The highest BCUT2D eigenvalue weighted by Crippen LogP contribution is 2.53. The second kappa shape index (κ2) is 2.25. The molecule has 4 atom stereocenters. The standard InChI is InChI=1S/C10H18/c1-3-9-8-4-5-10(9)7(2)6-8/h7-10H,3-6H2,1-2H3. The van der Waals surface area contributed by atoms with Crippen LogP contribution in [0.4, 0.5) is 0 Å². The predicted octanol–water partition coefficient (Wildman–Crippen LogP) is 3.08. The number of hydrogen-bond acceptors (Lipinski definition) is 0. The van der Waals surface area contributed by atoms with E-state index in [0.29, 0.717) is 0 Å². The van der Waals surface area contributed by atoms with Gasteiger partial charge in [0.25, 0.3) is 0 Å². The van der Waals surface area contributed by atoms with Crippen molar-refractivity contribution >= 4 is 0 Å². The van der Waals surface area contributed by atoms with Gasteiger partial charge in [-0.05, 0) is 42.9 Å². The summed E-state index contributed by atoms with van der Waals surface area (Å²) in [6, 6.07) is 0. The summed E-state index contributed by atoms with van der Waals surface area (Å²) in [5.74, 6) is 4.43. The topological polar surface area (TPSA) is 0 Å². The molecule has 2 aliphatic rings. The van der Waals surface area contributed by atoms with Crippen molar-refractivity contribution in [1.82, 2.24) is 0 Å². The van der Waals surface area contributed by atoms with Gasteiger partial charge in [0.05, 0.1) is 0 Å². The third-order valence-corrected chi connectivity index (χ3v) is 3.90. The number of fused-ring (bicyclic) bond motifs is 2. The van der Waals surface area contributed by atoms with Gasteiger partial charge in [-0.15, -0.1) is 0 Å². The second-order valence-corrected chi connectivity index (χ2v) is 4.29. The van der Waals surface area contributed by atoms with E-state index < -0.39 is 0 Å². The van der Waals surface area contributed by atoms with Crippen molar-refractivity contribution in [3.8, 4) is 0 Å². The van der Waals surface area contributed by atoms with Gasteiger partial charge in [0.1, 0.15) is 0 Å². The largest absolute Gasteiger partial charge is 0.0651 e. The maximum Gasteiger partial charge on any atom is -0.0357 e. The van der Waals surface area contributed by atoms with E-state index in [-0.39, 0.29) is 0 Å². The highest BCUT2D eigenvalue weighted by Gasteiger charge is 2.44. The van der Waals surface area contributed by atoms with Gasteiger partial charge < -0.3 is 0 Å². The van der Waals surface area contributed by atoms with Crippen molar-refractivity contribution in [2.24, 2.45) is 23.7 Å². The lowest BCUT2D eigenvalue weighted by Gasteiger charge is -2.16. The summed E-state index contributed by atoms with van der Waals surface area (Å²) < 4.78 is 0. The Balaban J connectivity index is 2.11. The molecule has 0 spiro atoms. The van der Waals surface area contributed by atoms with Crippen LogP contribution >= 0.6 is 0 Å². The molecule has 0 heterocycles. The van der Waals surface area contributed by atoms with Gasteiger partial charge in [0.2, 0.25) is 0 Å². The third-order valence-electron chi connectivity index (χ3n) is 3.90. The summed E-state index contributed by atoms with van der Waals surface area (Å²) in [7, 11) is 0. The summed E-state index contributed by atoms with van der Waals surface area (Å²) >= 11 is 0. The molecule has 10 heavy (non-hydrogen) atoms. The van der Waals surface area contributed by atoms with E-state index in [9.17, 15) is 0 Å². The van der Waals surface area contributed by atoms with Gasteiger partial charge in [-0.25, -0.2) is 0 Å². The van der Waals surface area contributed by atoms with Gasteiger partial charge in [-0.1, -0.05) is 20.3 Å². The van der Waals surface area contributed by atoms with E-state index in [1.54, 1.807) is 19.3 Å². The predicted molar refractivity (Wildman–Crippen MR) is 43.8 cm³/mol. The molecule has 0 aromatic rings. The molecule has 2 rings (SSSR count). The van der Waals surface area contributed by atoms with Crippen LogP contribution in [0, 0.1) is 23.7 Å². The summed E-state index contributed by atoms with van der Waals surface area (Å²) in [6.45, 7) is 4.82. The first kappa shape index (κ1) is 6.69. The van der Waals surface area contributed by atoms with Crippen molar-refractivity contribution < 1.29 is 0 Å². The molecule has 0 saturated heterocycles. The van der Waals surface area contributed by atoms with E-state index in [0.717, 1.165) is 23.7 Å². The quantitative estimate of drug-likeness (QED) is 0.522. The minimum atomic E-state index is 1.06. The Bertz CT molecular complexity index is 128. The first-order valence-electron chi connectivity index (χ1n) is 4.83. The summed E-state index contributed by atoms with van der Waals surface area (Å²) in [4.78, 5) is 0. The molecule has 0 nitrogen and oxygen atoms in total. The summed E-state index contributed by atoms with van der Waals surface area (Å²) in [5, 5.41) is 0. The van der Waals surface area contributed by atoms with Gasteiger partial charge in [0.15, 0.2) is 0 Å². The second-order valence-electron chi connectivity index (χ2n) is 4.29. The molecule has 2 bridgehead atoms. The molecule has 2 fully saturated rings. The Kier molecular flexibility index (Phi) is 1.51. The summed E-state index contributed by atoms with van der Waals surface area (Å²) in [6.07, 6.45) is 6.08. The molecule has 0 radical (unpaired) electrons. The van der Waals surface area contributed by atoms with E-state index in [1.807, 2.05) is 0 Å². The number of rotatable bonds is 1. The molecule has 0 amide bonds. The molecule has 0 N–H and O–H groups in total. The summed E-state index contributed by atoms with van der Waals surface area (Å²) in [5.41, 5.74) is 0. The third kappa shape index (κ3) is 0.741. The molecular weight excluding hydrogens is 120 g/mol. The van der Waals surface area contributed by atoms with E-state index in [4.69, 9.17) is 0 Å². The van der Waals surface area contributed by atoms with Crippen LogP contribution in [0.5, 0.6) is 0 Å². The Labute approximate surface area is 64.0 Å². The van der Waals surface area contributed by atoms with Gasteiger partial charge in [-0.2, -0.15) is 0 Å². The van der Waals surface area contributed by atoms with Crippen LogP contribution in [0.25, 0.3) is 0 Å². The fourth-order valence-corrected chi connectivity index (χ4v) is 3.47. The minimum Gasteiger partial charge on any atom is -0.0651 e. The van der Waals surface area contributed by atoms with Crippen molar-refractivity contribution in [2.75, 3.05) is 0 Å². The lowest BCUT2D eigenvalue weighted by Crippen LogP contribution is -2.08. The van der Waals surface area contributed by atoms with Crippen LogP contribution < -0.4 is 0 Å². The first-order chi connectivity index (χ1) is 4.83. The molecule has 0 aliphatic heterocycles. The zero-order valence-electron chi connectivity index (χ0n) is 7.14.